The lowest BCUT2D eigenvalue weighted by Crippen LogP contribution is -2.42. The molecule has 104 valence electrons. The fourth-order valence-corrected chi connectivity index (χ4v) is 2.61. The van der Waals surface area contributed by atoms with Crippen molar-refractivity contribution in [1.29, 1.82) is 0 Å². The summed E-state index contributed by atoms with van der Waals surface area (Å²) in [6.07, 6.45) is 1.36. The largest absolute Gasteiger partial charge is 0.507 e. The van der Waals surface area contributed by atoms with Gasteiger partial charge in [-0.1, -0.05) is 11.6 Å². The zero-order valence-electron chi connectivity index (χ0n) is 10.8. The van der Waals surface area contributed by atoms with E-state index in [1.807, 2.05) is 0 Å². The van der Waals surface area contributed by atoms with Gasteiger partial charge in [0.1, 0.15) is 5.75 Å². The predicted molar refractivity (Wildman–Crippen MR) is 73.4 cm³/mol. The zero-order valence-corrected chi connectivity index (χ0v) is 11.6. The van der Waals surface area contributed by atoms with Crippen molar-refractivity contribution < 1.29 is 15.0 Å². The van der Waals surface area contributed by atoms with Gasteiger partial charge in [0, 0.05) is 24.0 Å². The molecule has 19 heavy (non-hydrogen) atoms. The summed E-state index contributed by atoms with van der Waals surface area (Å²) < 4.78 is 0. The van der Waals surface area contributed by atoms with Crippen LogP contribution in [0.2, 0.25) is 5.02 Å². The maximum atomic E-state index is 12.4. The third-order valence-electron chi connectivity index (χ3n) is 3.62. The van der Waals surface area contributed by atoms with Crippen molar-refractivity contribution in [3.63, 3.8) is 0 Å². The number of phenols is 1. The van der Waals surface area contributed by atoms with Crippen molar-refractivity contribution in [1.82, 2.24) is 4.90 Å². The first kappa shape index (κ1) is 14.2. The van der Waals surface area contributed by atoms with Crippen LogP contribution in [0.25, 0.3) is 0 Å². The highest BCUT2D eigenvalue weighted by molar-refractivity contribution is 6.31. The molecule has 4 nitrogen and oxygen atoms in total. The molecule has 2 unspecified atom stereocenters. The second-order valence-electron chi connectivity index (χ2n) is 5.06. The molecule has 0 spiro atoms. The van der Waals surface area contributed by atoms with Crippen molar-refractivity contribution in [2.75, 3.05) is 13.1 Å². The number of halogens is 1. The average molecular weight is 284 g/mol. The molecule has 0 saturated carbocycles. The number of likely N-dealkylation sites (tertiary alicyclic amines) is 1. The molecule has 1 fully saturated rings. The molecular formula is C14H18ClNO3. The number of phenolic OH excluding ortho intramolecular Hbond substituents is 1. The monoisotopic (exact) mass is 283 g/mol. The van der Waals surface area contributed by atoms with E-state index in [0.717, 1.165) is 12.8 Å². The smallest absolute Gasteiger partial charge is 0.257 e. The van der Waals surface area contributed by atoms with Crippen LogP contribution in [0.5, 0.6) is 5.75 Å². The molecular weight excluding hydrogens is 266 g/mol. The van der Waals surface area contributed by atoms with E-state index in [-0.39, 0.29) is 23.1 Å². The Morgan fingerprint density at radius 3 is 2.95 bits per heavy atom. The number of aliphatic hydroxyl groups is 1. The lowest BCUT2D eigenvalue weighted by Gasteiger charge is -2.34. The number of hydrogen-bond donors (Lipinski definition) is 2. The molecule has 0 aliphatic carbocycles. The number of aromatic hydroxyl groups is 1. The fourth-order valence-electron chi connectivity index (χ4n) is 2.44. The number of amides is 1. The molecule has 0 radical (unpaired) electrons. The average Bonchev–Trinajstić information content (AvgIpc) is 2.41. The normalized spacial score (nSPS) is 21.2. The van der Waals surface area contributed by atoms with Crippen molar-refractivity contribution in [3.05, 3.63) is 28.8 Å². The highest BCUT2D eigenvalue weighted by atomic mass is 35.5. The van der Waals surface area contributed by atoms with Crippen molar-refractivity contribution in [3.8, 4) is 5.75 Å². The van der Waals surface area contributed by atoms with Gasteiger partial charge < -0.3 is 15.1 Å². The third kappa shape index (κ3) is 3.19. The van der Waals surface area contributed by atoms with E-state index in [0.29, 0.717) is 18.1 Å². The summed E-state index contributed by atoms with van der Waals surface area (Å²) in [5.41, 5.74) is 0.221. The van der Waals surface area contributed by atoms with Gasteiger partial charge >= 0.3 is 0 Å². The Morgan fingerprint density at radius 2 is 2.26 bits per heavy atom. The van der Waals surface area contributed by atoms with Gasteiger partial charge in [0.15, 0.2) is 0 Å². The topological polar surface area (TPSA) is 60.8 Å². The van der Waals surface area contributed by atoms with E-state index >= 15 is 0 Å². The van der Waals surface area contributed by atoms with Crippen molar-refractivity contribution in [2.24, 2.45) is 5.92 Å². The molecule has 0 bridgehead atoms. The molecule has 1 heterocycles. The van der Waals surface area contributed by atoms with Crippen molar-refractivity contribution in [2.45, 2.75) is 25.9 Å². The summed E-state index contributed by atoms with van der Waals surface area (Å²) in [5.74, 6) is -0.196. The number of hydrogen-bond acceptors (Lipinski definition) is 3. The number of aliphatic hydroxyl groups excluding tert-OH is 1. The van der Waals surface area contributed by atoms with E-state index in [4.69, 9.17) is 11.6 Å². The Labute approximate surface area is 117 Å². The summed E-state index contributed by atoms with van der Waals surface area (Å²) in [6, 6.07) is 4.44. The molecule has 2 N–H and O–H groups in total. The molecule has 2 rings (SSSR count). The predicted octanol–water partition coefficient (Wildman–Crippen LogP) is 2.28. The van der Waals surface area contributed by atoms with Crippen LogP contribution in [-0.4, -0.2) is 40.2 Å². The lowest BCUT2D eigenvalue weighted by atomic mass is 9.93. The number of nitrogens with zero attached hydrogens (tertiary/aromatic N) is 1. The minimum atomic E-state index is -0.427. The van der Waals surface area contributed by atoms with Gasteiger partial charge in [-0.15, -0.1) is 0 Å². The van der Waals surface area contributed by atoms with Crippen LogP contribution in [0.1, 0.15) is 30.1 Å². The number of carbonyl (C=O) groups excluding carboxylic acids is 1. The lowest BCUT2D eigenvalue weighted by molar-refractivity contribution is 0.0464. The second kappa shape index (κ2) is 5.80. The Balaban J connectivity index is 2.17. The van der Waals surface area contributed by atoms with Crippen LogP contribution in [0.15, 0.2) is 18.2 Å². The third-order valence-corrected chi connectivity index (χ3v) is 3.85. The van der Waals surface area contributed by atoms with E-state index in [1.165, 1.54) is 12.1 Å². The standard InChI is InChI=1S/C14H18ClNO3/c1-9(17)10-3-2-6-16(8-10)14(19)12-7-11(15)4-5-13(12)18/h4-5,7,9-10,17-18H,2-3,6,8H2,1H3. The van der Waals surface area contributed by atoms with E-state index in [2.05, 4.69) is 0 Å². The first-order chi connectivity index (χ1) is 8.99. The zero-order chi connectivity index (χ0) is 14.0. The van der Waals surface area contributed by atoms with Crippen LogP contribution in [0.3, 0.4) is 0 Å². The van der Waals surface area contributed by atoms with E-state index < -0.39 is 6.10 Å². The van der Waals surface area contributed by atoms with Crippen LogP contribution in [0.4, 0.5) is 0 Å². The number of benzene rings is 1. The van der Waals surface area contributed by atoms with Crippen LogP contribution in [0, 0.1) is 5.92 Å². The van der Waals surface area contributed by atoms with Gasteiger partial charge in [-0.2, -0.15) is 0 Å². The van der Waals surface area contributed by atoms with Gasteiger partial charge in [-0.3, -0.25) is 4.79 Å². The van der Waals surface area contributed by atoms with E-state index in [9.17, 15) is 15.0 Å². The summed E-state index contributed by atoms with van der Waals surface area (Å²) in [7, 11) is 0. The van der Waals surface area contributed by atoms with Crippen LogP contribution < -0.4 is 0 Å². The molecule has 1 amide bonds. The molecule has 1 aliphatic heterocycles. The summed E-state index contributed by atoms with van der Waals surface area (Å²) in [6.45, 7) is 2.91. The summed E-state index contributed by atoms with van der Waals surface area (Å²) >= 11 is 5.86. The quantitative estimate of drug-likeness (QED) is 0.875. The maximum absolute atomic E-state index is 12.4. The fraction of sp³-hybridized carbons (Fsp3) is 0.500. The Kier molecular flexibility index (Phi) is 4.32. The maximum Gasteiger partial charge on any atom is 0.257 e. The first-order valence-electron chi connectivity index (χ1n) is 6.45. The minimum absolute atomic E-state index is 0.0615. The van der Waals surface area contributed by atoms with Crippen molar-refractivity contribution >= 4 is 17.5 Å². The van der Waals surface area contributed by atoms with Gasteiger partial charge in [0.25, 0.3) is 5.91 Å². The van der Waals surface area contributed by atoms with Gasteiger partial charge in [-0.25, -0.2) is 0 Å². The molecule has 0 aromatic heterocycles. The first-order valence-corrected chi connectivity index (χ1v) is 6.82. The van der Waals surface area contributed by atoms with Gasteiger partial charge in [0.2, 0.25) is 0 Å². The Bertz CT molecular complexity index is 476. The molecule has 1 aromatic rings. The van der Waals surface area contributed by atoms with E-state index in [1.54, 1.807) is 17.9 Å². The van der Waals surface area contributed by atoms with Gasteiger partial charge in [-0.05, 0) is 38.0 Å². The van der Waals surface area contributed by atoms with Crippen LogP contribution >= 0.6 is 11.6 Å². The minimum Gasteiger partial charge on any atom is -0.507 e. The summed E-state index contributed by atoms with van der Waals surface area (Å²) in [5, 5.41) is 19.8. The number of carbonyl (C=O) groups is 1. The molecule has 5 heteroatoms. The highest BCUT2D eigenvalue weighted by Gasteiger charge is 2.28. The van der Waals surface area contributed by atoms with Crippen LogP contribution in [-0.2, 0) is 0 Å². The Hall–Kier alpha value is -1.26. The summed E-state index contributed by atoms with van der Waals surface area (Å²) in [4.78, 5) is 14.0. The number of piperidine rings is 1. The Morgan fingerprint density at radius 1 is 1.53 bits per heavy atom. The highest BCUT2D eigenvalue weighted by Crippen LogP contribution is 2.26. The second-order valence-corrected chi connectivity index (χ2v) is 5.49. The molecule has 1 aromatic carbocycles. The molecule has 1 saturated heterocycles. The molecule has 2 atom stereocenters. The molecule has 1 aliphatic rings. The van der Waals surface area contributed by atoms with Gasteiger partial charge in [0.05, 0.1) is 11.7 Å². The SMILES string of the molecule is CC(O)C1CCCN(C(=O)c2cc(Cl)ccc2O)C1. The number of rotatable bonds is 2.